The Morgan fingerprint density at radius 3 is 2.67 bits per heavy atom. The smallest absolute Gasteiger partial charge is 0.303 e. The van der Waals surface area contributed by atoms with Crippen molar-refractivity contribution >= 4 is 11.8 Å². The summed E-state index contributed by atoms with van der Waals surface area (Å²) in [5.74, 6) is 0.000218. The molecule has 0 spiro atoms. The first-order valence-electron chi connectivity index (χ1n) is 9.65. The Balaban J connectivity index is 2.28. The third kappa shape index (κ3) is 8.62. The van der Waals surface area contributed by atoms with Gasteiger partial charge in [-0.25, -0.2) is 0 Å². The van der Waals surface area contributed by atoms with Gasteiger partial charge in [0.25, 0.3) is 0 Å². The van der Waals surface area contributed by atoms with Gasteiger partial charge in [-0.1, -0.05) is 57.6 Å². The third-order valence-electron chi connectivity index (χ3n) is 4.99. The van der Waals surface area contributed by atoms with E-state index in [4.69, 9.17) is 5.11 Å². The Bertz CT molecular complexity index is 402. The number of aliphatic hydroxyl groups excluding tert-OH is 1. The van der Waals surface area contributed by atoms with Crippen molar-refractivity contribution in [1.29, 1.82) is 0 Å². The summed E-state index contributed by atoms with van der Waals surface area (Å²) in [5.41, 5.74) is 0. The van der Waals surface area contributed by atoms with Crippen LogP contribution in [0.5, 0.6) is 0 Å². The van der Waals surface area contributed by atoms with Crippen molar-refractivity contribution in [3.8, 4) is 0 Å². The van der Waals surface area contributed by atoms with Crippen molar-refractivity contribution in [3.63, 3.8) is 0 Å². The molecule has 0 amide bonds. The monoisotopic (exact) mass is 338 g/mol. The molecule has 2 N–H and O–H groups in total. The number of Topliss-reactive ketones (excluding diaryl/α,β-unsaturated/α-hetero) is 1. The third-order valence-corrected chi connectivity index (χ3v) is 4.99. The quantitative estimate of drug-likeness (QED) is 0.383. The van der Waals surface area contributed by atoms with Gasteiger partial charge in [0.15, 0.2) is 0 Å². The Morgan fingerprint density at radius 1 is 1.21 bits per heavy atom. The maximum atomic E-state index is 12.1. The number of unbranched alkanes of at least 4 members (excludes halogenated alkanes) is 5. The maximum absolute atomic E-state index is 12.1. The topological polar surface area (TPSA) is 74.6 Å². The molecule has 2 unspecified atom stereocenters. The fourth-order valence-electron chi connectivity index (χ4n) is 3.50. The first-order chi connectivity index (χ1) is 11.5. The summed E-state index contributed by atoms with van der Waals surface area (Å²) < 4.78 is 0. The summed E-state index contributed by atoms with van der Waals surface area (Å²) in [7, 11) is 0. The van der Waals surface area contributed by atoms with Crippen LogP contribution in [0.25, 0.3) is 0 Å². The highest BCUT2D eigenvalue weighted by Gasteiger charge is 2.32. The van der Waals surface area contributed by atoms with Crippen molar-refractivity contribution in [3.05, 3.63) is 12.2 Å². The van der Waals surface area contributed by atoms with Crippen LogP contribution in [0.15, 0.2) is 12.2 Å². The minimum Gasteiger partial charge on any atom is -0.481 e. The number of aliphatic hydroxyl groups is 1. The first-order valence-corrected chi connectivity index (χ1v) is 9.65. The number of ketones is 1. The molecular weight excluding hydrogens is 304 g/mol. The molecule has 0 bridgehead atoms. The van der Waals surface area contributed by atoms with E-state index >= 15 is 0 Å². The molecule has 0 aliphatic heterocycles. The van der Waals surface area contributed by atoms with Gasteiger partial charge in [0.2, 0.25) is 0 Å². The molecule has 1 rings (SSSR count). The Labute approximate surface area is 146 Å². The Kier molecular flexibility index (Phi) is 10.6. The second-order valence-electron chi connectivity index (χ2n) is 7.07. The predicted molar refractivity (Wildman–Crippen MR) is 95.8 cm³/mol. The van der Waals surface area contributed by atoms with Crippen molar-refractivity contribution in [2.24, 2.45) is 11.8 Å². The molecular formula is C20H34O4. The number of rotatable bonds is 13. The summed E-state index contributed by atoms with van der Waals surface area (Å²) in [4.78, 5) is 22.5. The van der Waals surface area contributed by atoms with Crippen LogP contribution < -0.4 is 0 Å². The molecule has 1 aliphatic rings. The molecule has 24 heavy (non-hydrogen) atoms. The van der Waals surface area contributed by atoms with Gasteiger partial charge in [-0.15, -0.1) is 0 Å². The fourth-order valence-corrected chi connectivity index (χ4v) is 3.50. The average Bonchev–Trinajstić information content (AvgIpc) is 2.89. The van der Waals surface area contributed by atoms with E-state index in [2.05, 4.69) is 13.0 Å². The van der Waals surface area contributed by atoms with Crippen LogP contribution in [0.3, 0.4) is 0 Å². The Morgan fingerprint density at radius 2 is 1.96 bits per heavy atom. The number of hydrogen-bond acceptors (Lipinski definition) is 3. The Hall–Kier alpha value is -1.16. The molecule has 138 valence electrons. The summed E-state index contributed by atoms with van der Waals surface area (Å²) in [6.45, 7) is 2.15. The molecule has 1 saturated carbocycles. The van der Waals surface area contributed by atoms with Crippen LogP contribution in [0.4, 0.5) is 0 Å². The number of carboxylic acid groups (broad SMARTS) is 1. The van der Waals surface area contributed by atoms with Crippen LogP contribution >= 0.6 is 0 Å². The first kappa shape index (κ1) is 20.9. The second kappa shape index (κ2) is 12.2. The molecule has 0 aromatic carbocycles. The fraction of sp³-hybridized carbons (Fsp3) is 0.800. The molecule has 1 fully saturated rings. The zero-order valence-electron chi connectivity index (χ0n) is 15.1. The molecule has 0 radical (unpaired) electrons. The summed E-state index contributed by atoms with van der Waals surface area (Å²) in [5, 5.41) is 18.6. The van der Waals surface area contributed by atoms with Crippen molar-refractivity contribution < 1.29 is 19.8 Å². The van der Waals surface area contributed by atoms with E-state index < -0.39 is 5.97 Å². The lowest BCUT2D eigenvalue weighted by Gasteiger charge is -2.15. The van der Waals surface area contributed by atoms with Gasteiger partial charge < -0.3 is 10.2 Å². The van der Waals surface area contributed by atoms with Gasteiger partial charge in [-0.05, 0) is 31.6 Å². The van der Waals surface area contributed by atoms with E-state index in [0.717, 1.165) is 64.2 Å². The molecule has 0 aromatic rings. The van der Waals surface area contributed by atoms with Crippen LogP contribution in [0, 0.1) is 11.8 Å². The normalized spacial score (nSPS) is 22.3. The number of allylic oxidation sites excluding steroid dienone is 1. The molecule has 4 nitrogen and oxygen atoms in total. The maximum Gasteiger partial charge on any atom is 0.303 e. The van der Waals surface area contributed by atoms with Gasteiger partial charge in [0, 0.05) is 18.8 Å². The van der Waals surface area contributed by atoms with E-state index in [1.165, 1.54) is 0 Å². The number of hydrogen-bond donors (Lipinski definition) is 2. The zero-order chi connectivity index (χ0) is 17.8. The van der Waals surface area contributed by atoms with Gasteiger partial charge in [-0.3, -0.25) is 9.59 Å². The van der Waals surface area contributed by atoms with Crippen molar-refractivity contribution in [2.45, 2.75) is 90.1 Å². The van der Waals surface area contributed by atoms with Crippen LogP contribution in [-0.4, -0.2) is 28.1 Å². The van der Waals surface area contributed by atoms with E-state index in [9.17, 15) is 14.7 Å². The second-order valence-corrected chi connectivity index (χ2v) is 7.07. The molecule has 1 aliphatic carbocycles. The van der Waals surface area contributed by atoms with E-state index in [1.54, 1.807) is 0 Å². The SMILES string of the molecule is CCCCCC(O)/C=C/C1CCC(=O)[C@H]1CCCCCCC(=O)O. The molecule has 0 saturated heterocycles. The average molecular weight is 338 g/mol. The van der Waals surface area contributed by atoms with Crippen molar-refractivity contribution in [1.82, 2.24) is 0 Å². The van der Waals surface area contributed by atoms with Gasteiger partial charge >= 0.3 is 5.97 Å². The highest BCUT2D eigenvalue weighted by atomic mass is 16.4. The molecule has 0 heterocycles. The lowest BCUT2D eigenvalue weighted by Crippen LogP contribution is -2.14. The number of carbonyl (C=O) groups excluding carboxylic acids is 1. The molecule has 0 aromatic heterocycles. The number of carbonyl (C=O) groups is 2. The highest BCUT2D eigenvalue weighted by Crippen LogP contribution is 2.34. The number of aliphatic carboxylic acids is 1. The summed E-state index contributed by atoms with van der Waals surface area (Å²) >= 11 is 0. The van der Waals surface area contributed by atoms with Gasteiger partial charge in [0.1, 0.15) is 5.78 Å². The van der Waals surface area contributed by atoms with Gasteiger partial charge in [-0.2, -0.15) is 0 Å². The van der Waals surface area contributed by atoms with Gasteiger partial charge in [0.05, 0.1) is 6.10 Å². The minimum absolute atomic E-state index is 0.101. The highest BCUT2D eigenvalue weighted by molar-refractivity contribution is 5.83. The van der Waals surface area contributed by atoms with Crippen LogP contribution in [0.2, 0.25) is 0 Å². The summed E-state index contributed by atoms with van der Waals surface area (Å²) in [6, 6.07) is 0. The molecule has 3 atom stereocenters. The van der Waals surface area contributed by atoms with Crippen LogP contribution in [0.1, 0.15) is 84.0 Å². The summed E-state index contributed by atoms with van der Waals surface area (Å²) in [6.07, 6.45) is 14.0. The van der Waals surface area contributed by atoms with Crippen molar-refractivity contribution in [2.75, 3.05) is 0 Å². The van der Waals surface area contributed by atoms with E-state index in [0.29, 0.717) is 12.2 Å². The van der Waals surface area contributed by atoms with Crippen LogP contribution in [-0.2, 0) is 9.59 Å². The molecule has 4 heteroatoms. The minimum atomic E-state index is -0.733. The lowest BCUT2D eigenvalue weighted by atomic mass is 9.89. The van der Waals surface area contributed by atoms with E-state index in [-0.39, 0.29) is 24.4 Å². The predicted octanol–water partition coefficient (Wildman–Crippen LogP) is 4.50. The lowest BCUT2D eigenvalue weighted by molar-refractivity contribution is -0.137. The zero-order valence-corrected chi connectivity index (χ0v) is 15.1. The number of carboxylic acids is 1. The van der Waals surface area contributed by atoms with E-state index in [1.807, 2.05) is 6.08 Å². The standard InChI is InChI=1S/C20H34O4/c1-2-3-6-9-17(21)14-12-16-13-15-19(22)18(16)10-7-4-5-8-11-20(23)24/h12,14,16-18,21H,2-11,13,15H2,1H3,(H,23,24)/b14-12+/t16?,17?,18-/m0/s1. The largest absolute Gasteiger partial charge is 0.481 e.